The Balaban J connectivity index is 1.75. The van der Waals surface area contributed by atoms with Gasteiger partial charge < -0.3 is 9.80 Å². The molecule has 3 rings (SSSR count). The molecule has 122 valence electrons. The van der Waals surface area contributed by atoms with E-state index < -0.39 is 0 Å². The topological polar surface area (TPSA) is 40.6 Å². The molecule has 2 aromatic carbocycles. The Labute approximate surface area is 149 Å². The van der Waals surface area contributed by atoms with E-state index in [9.17, 15) is 9.59 Å². The van der Waals surface area contributed by atoms with E-state index in [1.807, 2.05) is 17.0 Å². The monoisotopic (exact) mass is 384 g/mol. The summed E-state index contributed by atoms with van der Waals surface area (Å²) in [7, 11) is 1.68. The summed E-state index contributed by atoms with van der Waals surface area (Å²) in [6.07, 6.45) is 1.26. The van der Waals surface area contributed by atoms with Crippen molar-refractivity contribution in [1.82, 2.24) is 4.90 Å². The number of amides is 2. The minimum absolute atomic E-state index is 0.00780. The summed E-state index contributed by atoms with van der Waals surface area (Å²) in [6.45, 7) is 4.71. The predicted octanol–water partition coefficient (Wildman–Crippen LogP) is 3.75. The Morgan fingerprint density at radius 1 is 1.12 bits per heavy atom. The quantitative estimate of drug-likeness (QED) is 0.755. The van der Waals surface area contributed by atoms with Crippen molar-refractivity contribution < 1.29 is 9.59 Å². The Kier molecular flexibility index (Phi) is 4.53. The van der Waals surface area contributed by atoms with Gasteiger partial charge in [-0.05, 0) is 53.6 Å². The maximum absolute atomic E-state index is 12.7. The van der Waals surface area contributed by atoms with Gasteiger partial charge in [0.05, 0.1) is 0 Å². The lowest BCUT2D eigenvalue weighted by Gasteiger charge is -2.18. The van der Waals surface area contributed by atoms with Gasteiger partial charge in [0.15, 0.2) is 0 Å². The molecule has 2 amide bonds. The second kappa shape index (κ2) is 6.61. The van der Waals surface area contributed by atoms with Crippen LogP contribution in [0.3, 0.4) is 0 Å². The zero-order valence-corrected chi connectivity index (χ0v) is 14.9. The van der Waals surface area contributed by atoms with Crippen molar-refractivity contribution in [3.63, 3.8) is 0 Å². The number of carbonyl (C=O) groups excluding carboxylic acids is 2. The molecular formula is C19H17BrN2O2. The number of benzene rings is 2. The largest absolute Gasteiger partial charge is 0.330 e. The van der Waals surface area contributed by atoms with E-state index in [1.165, 1.54) is 22.1 Å². The highest BCUT2D eigenvalue weighted by Crippen LogP contribution is 2.27. The first-order valence-corrected chi connectivity index (χ1v) is 8.35. The minimum atomic E-state index is -0.186. The molecule has 0 saturated heterocycles. The van der Waals surface area contributed by atoms with Crippen LogP contribution in [-0.2, 0) is 17.9 Å². The van der Waals surface area contributed by atoms with Gasteiger partial charge in [-0.2, -0.15) is 0 Å². The number of likely N-dealkylation sites (N-methyl/N-ethyl adjacent to an activating group) is 1. The third-order valence-electron chi connectivity index (χ3n) is 4.18. The molecule has 0 aromatic heterocycles. The van der Waals surface area contributed by atoms with E-state index >= 15 is 0 Å². The van der Waals surface area contributed by atoms with Gasteiger partial charge in [-0.3, -0.25) is 9.59 Å². The van der Waals surface area contributed by atoms with Gasteiger partial charge in [0, 0.05) is 35.9 Å². The molecular weight excluding hydrogens is 368 g/mol. The third kappa shape index (κ3) is 3.12. The molecule has 1 aliphatic rings. The first-order valence-electron chi connectivity index (χ1n) is 7.56. The molecule has 24 heavy (non-hydrogen) atoms. The number of fused-ring (bicyclic) bond motifs is 1. The highest BCUT2D eigenvalue weighted by atomic mass is 79.9. The highest BCUT2D eigenvalue weighted by Gasteiger charge is 2.24. The summed E-state index contributed by atoms with van der Waals surface area (Å²) in [5, 5.41) is 0. The van der Waals surface area contributed by atoms with Crippen LogP contribution in [0.4, 0.5) is 5.69 Å². The molecule has 0 unspecified atom stereocenters. The second-order valence-corrected chi connectivity index (χ2v) is 6.64. The van der Waals surface area contributed by atoms with Gasteiger partial charge in [0.1, 0.15) is 0 Å². The lowest BCUT2D eigenvalue weighted by atomic mass is 10.1. The van der Waals surface area contributed by atoms with Crippen LogP contribution >= 0.6 is 15.9 Å². The fourth-order valence-corrected chi connectivity index (χ4v) is 3.19. The maximum Gasteiger partial charge on any atom is 0.254 e. The summed E-state index contributed by atoms with van der Waals surface area (Å²) in [6, 6.07) is 13.1. The zero-order valence-electron chi connectivity index (χ0n) is 13.3. The number of halogens is 1. The second-order valence-electron chi connectivity index (χ2n) is 5.72. The zero-order chi connectivity index (χ0) is 17.3. The number of hydrogen-bond acceptors (Lipinski definition) is 2. The predicted molar refractivity (Wildman–Crippen MR) is 97.8 cm³/mol. The molecule has 0 spiro atoms. The fourth-order valence-electron chi connectivity index (χ4n) is 2.78. The summed E-state index contributed by atoms with van der Waals surface area (Å²) >= 11 is 3.46. The van der Waals surface area contributed by atoms with E-state index in [1.54, 1.807) is 31.3 Å². The Morgan fingerprint density at radius 2 is 1.79 bits per heavy atom. The number of nitrogens with zero attached hydrogens (tertiary/aromatic N) is 2. The van der Waals surface area contributed by atoms with Gasteiger partial charge in [0.2, 0.25) is 5.91 Å². The first-order chi connectivity index (χ1) is 11.5. The normalized spacial score (nSPS) is 12.7. The maximum atomic E-state index is 12.7. The Bertz CT molecular complexity index is 815. The number of carbonyl (C=O) groups is 2. The highest BCUT2D eigenvalue weighted by molar-refractivity contribution is 9.10. The Morgan fingerprint density at radius 3 is 2.46 bits per heavy atom. The average molecular weight is 385 g/mol. The number of rotatable bonds is 3. The van der Waals surface area contributed by atoms with Gasteiger partial charge in [-0.1, -0.05) is 28.6 Å². The van der Waals surface area contributed by atoms with Crippen molar-refractivity contribution in [2.45, 2.75) is 13.1 Å². The molecule has 1 heterocycles. The van der Waals surface area contributed by atoms with Crippen LogP contribution < -0.4 is 4.90 Å². The van der Waals surface area contributed by atoms with Gasteiger partial charge >= 0.3 is 0 Å². The lowest BCUT2D eigenvalue weighted by molar-refractivity contribution is -0.113. The van der Waals surface area contributed by atoms with Crippen molar-refractivity contribution in [2.24, 2.45) is 0 Å². The molecule has 1 aliphatic heterocycles. The van der Waals surface area contributed by atoms with Crippen LogP contribution in [0.25, 0.3) is 0 Å². The molecule has 5 heteroatoms. The average Bonchev–Trinajstić information content (AvgIpc) is 3.03. The third-order valence-corrected chi connectivity index (χ3v) is 4.68. The van der Waals surface area contributed by atoms with Crippen LogP contribution in [0, 0.1) is 0 Å². The number of anilines is 1. The summed E-state index contributed by atoms with van der Waals surface area (Å²) in [5.74, 6) is -0.193. The SMILES string of the molecule is C=CC(=O)N(C)c1ccc(C(=O)N2Cc3ccc(Br)cc3C2)cc1. The summed E-state index contributed by atoms with van der Waals surface area (Å²) < 4.78 is 1.02. The van der Waals surface area contributed by atoms with E-state index in [0.29, 0.717) is 18.7 Å². The summed E-state index contributed by atoms with van der Waals surface area (Å²) in [5.41, 5.74) is 3.69. The van der Waals surface area contributed by atoms with Crippen LogP contribution in [0.2, 0.25) is 0 Å². The van der Waals surface area contributed by atoms with Crippen molar-refractivity contribution in [2.75, 3.05) is 11.9 Å². The van der Waals surface area contributed by atoms with Crippen molar-refractivity contribution in [3.05, 3.63) is 76.3 Å². The number of hydrogen-bond donors (Lipinski definition) is 0. The van der Waals surface area contributed by atoms with E-state index in [2.05, 4.69) is 28.6 Å². The van der Waals surface area contributed by atoms with E-state index in [-0.39, 0.29) is 11.8 Å². The van der Waals surface area contributed by atoms with Crippen molar-refractivity contribution in [3.8, 4) is 0 Å². The molecule has 2 aromatic rings. The van der Waals surface area contributed by atoms with Crippen molar-refractivity contribution in [1.29, 1.82) is 0 Å². The minimum Gasteiger partial charge on any atom is -0.330 e. The molecule has 4 nitrogen and oxygen atoms in total. The summed E-state index contributed by atoms with van der Waals surface area (Å²) in [4.78, 5) is 27.6. The first kappa shape index (κ1) is 16.5. The van der Waals surface area contributed by atoms with Crippen LogP contribution in [0.1, 0.15) is 21.5 Å². The van der Waals surface area contributed by atoms with Crippen LogP contribution in [0.5, 0.6) is 0 Å². The molecule has 0 aliphatic carbocycles. The van der Waals surface area contributed by atoms with E-state index in [4.69, 9.17) is 0 Å². The Hall–Kier alpha value is -2.40. The smallest absolute Gasteiger partial charge is 0.254 e. The molecule has 0 bridgehead atoms. The van der Waals surface area contributed by atoms with Gasteiger partial charge in [-0.25, -0.2) is 0 Å². The van der Waals surface area contributed by atoms with E-state index in [0.717, 1.165) is 10.2 Å². The lowest BCUT2D eigenvalue weighted by Crippen LogP contribution is -2.26. The van der Waals surface area contributed by atoms with Crippen LogP contribution in [-0.4, -0.2) is 23.8 Å². The molecule has 0 N–H and O–H groups in total. The van der Waals surface area contributed by atoms with Crippen molar-refractivity contribution >= 4 is 33.4 Å². The molecule has 0 radical (unpaired) electrons. The standard InChI is InChI=1S/C19H17BrN2O2/c1-3-18(23)21(2)17-8-5-13(6-9-17)19(24)22-11-14-4-7-16(20)10-15(14)12-22/h3-10H,1,11-12H2,2H3. The molecule has 0 saturated carbocycles. The molecule has 0 atom stereocenters. The van der Waals surface area contributed by atoms with Gasteiger partial charge in [0.25, 0.3) is 5.91 Å². The fraction of sp³-hybridized carbons (Fsp3) is 0.158. The van der Waals surface area contributed by atoms with Gasteiger partial charge in [-0.15, -0.1) is 0 Å². The van der Waals surface area contributed by atoms with Crippen LogP contribution in [0.15, 0.2) is 59.6 Å². The molecule has 0 fully saturated rings.